The van der Waals surface area contributed by atoms with Crippen LogP contribution in [-0.2, 0) is 11.2 Å². The van der Waals surface area contributed by atoms with Crippen molar-refractivity contribution in [1.29, 1.82) is 0 Å². The molecular weight excluding hydrogens is 222 g/mol. The molecule has 5 heteroatoms. The molecule has 1 N–H and O–H groups in total. The lowest BCUT2D eigenvalue weighted by molar-refractivity contribution is -0.111. The highest BCUT2D eigenvalue weighted by atomic mass is 16.5. The van der Waals surface area contributed by atoms with Gasteiger partial charge in [0.05, 0.1) is 14.2 Å². The van der Waals surface area contributed by atoms with E-state index >= 15 is 0 Å². The summed E-state index contributed by atoms with van der Waals surface area (Å²) >= 11 is 0. The lowest BCUT2D eigenvalue weighted by Gasteiger charge is -2.10. The molecule has 5 nitrogen and oxygen atoms in total. The first-order chi connectivity index (χ1) is 8.12. The highest BCUT2D eigenvalue weighted by Crippen LogP contribution is 2.25. The summed E-state index contributed by atoms with van der Waals surface area (Å²) in [5, 5.41) is 11.7. The van der Waals surface area contributed by atoms with Gasteiger partial charge in [-0.3, -0.25) is 4.79 Å². The van der Waals surface area contributed by atoms with Crippen LogP contribution in [0.4, 0.5) is 0 Å². The van der Waals surface area contributed by atoms with Crippen molar-refractivity contribution in [3.63, 3.8) is 0 Å². The Balaban J connectivity index is 3.02. The second-order valence-electron chi connectivity index (χ2n) is 3.46. The van der Waals surface area contributed by atoms with Gasteiger partial charge in [-0.05, 0) is 6.07 Å². The van der Waals surface area contributed by atoms with Crippen molar-refractivity contribution in [3.05, 3.63) is 23.8 Å². The van der Waals surface area contributed by atoms with Crippen LogP contribution in [-0.4, -0.2) is 30.9 Å². The number of ether oxygens (including phenoxy) is 2. The number of methoxy groups -OCH3 is 2. The number of hydrogen-bond acceptors (Lipinski definition) is 5. The van der Waals surface area contributed by atoms with Gasteiger partial charge in [-0.15, -0.1) is 0 Å². The van der Waals surface area contributed by atoms with Gasteiger partial charge in [0, 0.05) is 25.0 Å². The maximum Gasteiger partial charge on any atom is 0.177 e. The highest BCUT2D eigenvalue weighted by molar-refractivity contribution is 6.39. The molecule has 0 heterocycles. The molecule has 17 heavy (non-hydrogen) atoms. The number of rotatable bonds is 5. The first-order valence-corrected chi connectivity index (χ1v) is 5.05. The van der Waals surface area contributed by atoms with E-state index in [1.807, 2.05) is 0 Å². The predicted octanol–water partition coefficient (Wildman–Crippen LogP) is 1.67. The van der Waals surface area contributed by atoms with Crippen molar-refractivity contribution in [2.24, 2.45) is 5.16 Å². The molecule has 0 spiro atoms. The lowest BCUT2D eigenvalue weighted by Crippen LogP contribution is -2.13. The SMILES string of the molecule is COc1ccc(C/C(=N/O)C(C)=O)c(OC)c1. The fourth-order valence-corrected chi connectivity index (χ4v) is 1.41. The van der Waals surface area contributed by atoms with E-state index in [1.165, 1.54) is 14.0 Å². The molecule has 0 aromatic heterocycles. The monoisotopic (exact) mass is 237 g/mol. The molecule has 0 saturated heterocycles. The minimum Gasteiger partial charge on any atom is -0.497 e. The van der Waals surface area contributed by atoms with Gasteiger partial charge in [0.2, 0.25) is 0 Å². The van der Waals surface area contributed by atoms with Crippen molar-refractivity contribution < 1.29 is 19.5 Å². The van der Waals surface area contributed by atoms with Crippen molar-refractivity contribution in [3.8, 4) is 11.5 Å². The number of carbonyl (C=O) groups is 1. The van der Waals surface area contributed by atoms with E-state index in [0.29, 0.717) is 11.5 Å². The van der Waals surface area contributed by atoms with Crippen LogP contribution in [0.3, 0.4) is 0 Å². The van der Waals surface area contributed by atoms with Gasteiger partial charge in [-0.1, -0.05) is 11.2 Å². The van der Waals surface area contributed by atoms with Crippen molar-refractivity contribution >= 4 is 11.5 Å². The molecule has 0 aliphatic heterocycles. The van der Waals surface area contributed by atoms with Gasteiger partial charge in [0.15, 0.2) is 5.78 Å². The zero-order valence-corrected chi connectivity index (χ0v) is 10.1. The number of carbonyl (C=O) groups excluding carboxylic acids is 1. The summed E-state index contributed by atoms with van der Waals surface area (Å²) in [7, 11) is 3.09. The number of ketones is 1. The summed E-state index contributed by atoms with van der Waals surface area (Å²) in [5.41, 5.74) is 0.852. The fraction of sp³-hybridized carbons (Fsp3) is 0.333. The zero-order valence-electron chi connectivity index (χ0n) is 10.1. The van der Waals surface area contributed by atoms with Crippen LogP contribution >= 0.6 is 0 Å². The Hall–Kier alpha value is -2.04. The van der Waals surface area contributed by atoms with Crippen LogP contribution in [0.1, 0.15) is 12.5 Å². The Bertz CT molecular complexity index is 440. The fourth-order valence-electron chi connectivity index (χ4n) is 1.41. The summed E-state index contributed by atoms with van der Waals surface area (Å²) in [5.74, 6) is 0.980. The molecule has 92 valence electrons. The minimum absolute atomic E-state index is 0.0912. The molecule has 0 aliphatic rings. The van der Waals surface area contributed by atoms with E-state index in [9.17, 15) is 4.79 Å². The van der Waals surface area contributed by atoms with Crippen LogP contribution in [0.15, 0.2) is 23.4 Å². The predicted molar refractivity (Wildman–Crippen MR) is 63.2 cm³/mol. The molecule has 1 aromatic carbocycles. The van der Waals surface area contributed by atoms with Gasteiger partial charge < -0.3 is 14.7 Å². The number of oxime groups is 1. The van der Waals surface area contributed by atoms with Crippen LogP contribution in [0.25, 0.3) is 0 Å². The highest BCUT2D eigenvalue weighted by Gasteiger charge is 2.12. The van der Waals surface area contributed by atoms with Crippen LogP contribution in [0.5, 0.6) is 11.5 Å². The molecule has 1 aromatic rings. The number of hydrogen-bond donors (Lipinski definition) is 1. The standard InChI is InChI=1S/C12H15NO4/c1-8(14)11(13-15)6-9-4-5-10(16-2)7-12(9)17-3/h4-5,7,15H,6H2,1-3H3/b13-11-. The summed E-state index contributed by atoms with van der Waals surface area (Å²) in [4.78, 5) is 11.1. The Morgan fingerprint density at radius 2 is 2.06 bits per heavy atom. The summed E-state index contributed by atoms with van der Waals surface area (Å²) in [6.45, 7) is 1.35. The first kappa shape index (κ1) is 13.0. The molecule has 0 atom stereocenters. The first-order valence-electron chi connectivity index (χ1n) is 5.05. The third kappa shape index (κ3) is 3.21. The second kappa shape index (κ2) is 5.89. The van der Waals surface area contributed by atoms with Crippen LogP contribution in [0.2, 0.25) is 0 Å². The minimum atomic E-state index is -0.273. The van der Waals surface area contributed by atoms with Crippen molar-refractivity contribution in [1.82, 2.24) is 0 Å². The van der Waals surface area contributed by atoms with E-state index in [4.69, 9.17) is 14.7 Å². The van der Waals surface area contributed by atoms with Gasteiger partial charge in [0.25, 0.3) is 0 Å². The molecule has 0 radical (unpaired) electrons. The number of benzene rings is 1. The molecule has 0 unspecified atom stereocenters. The summed E-state index contributed by atoms with van der Waals surface area (Å²) in [6.07, 6.45) is 0.221. The maximum atomic E-state index is 11.1. The Kier molecular flexibility index (Phi) is 4.51. The average Bonchev–Trinajstić information content (AvgIpc) is 2.35. The van der Waals surface area contributed by atoms with Crippen molar-refractivity contribution in [2.75, 3.05) is 14.2 Å². The average molecular weight is 237 g/mol. The topological polar surface area (TPSA) is 68.1 Å². The van der Waals surface area contributed by atoms with E-state index in [1.54, 1.807) is 25.3 Å². The van der Waals surface area contributed by atoms with E-state index in [-0.39, 0.29) is 17.9 Å². The van der Waals surface area contributed by atoms with Gasteiger partial charge in [-0.25, -0.2) is 0 Å². The molecule has 0 fully saturated rings. The lowest BCUT2D eigenvalue weighted by atomic mass is 10.0. The van der Waals surface area contributed by atoms with Gasteiger partial charge in [-0.2, -0.15) is 0 Å². The third-order valence-corrected chi connectivity index (χ3v) is 2.38. The zero-order chi connectivity index (χ0) is 12.8. The van der Waals surface area contributed by atoms with E-state index < -0.39 is 0 Å². The molecular formula is C12H15NO4. The normalized spacial score (nSPS) is 11.1. The van der Waals surface area contributed by atoms with E-state index in [2.05, 4.69) is 5.16 Å². The summed E-state index contributed by atoms with van der Waals surface area (Å²) in [6, 6.07) is 5.24. The number of nitrogens with zero attached hydrogens (tertiary/aromatic N) is 1. The van der Waals surface area contributed by atoms with Crippen molar-refractivity contribution in [2.45, 2.75) is 13.3 Å². The van der Waals surface area contributed by atoms with Crippen LogP contribution in [0, 0.1) is 0 Å². The van der Waals surface area contributed by atoms with Gasteiger partial charge >= 0.3 is 0 Å². The Morgan fingerprint density at radius 1 is 1.35 bits per heavy atom. The summed E-state index contributed by atoms with van der Waals surface area (Å²) < 4.78 is 10.2. The molecule has 0 aliphatic carbocycles. The second-order valence-corrected chi connectivity index (χ2v) is 3.46. The third-order valence-electron chi connectivity index (χ3n) is 2.38. The van der Waals surface area contributed by atoms with E-state index in [0.717, 1.165) is 5.56 Å². The molecule has 0 amide bonds. The Labute approximate surface area is 99.7 Å². The molecule has 0 bridgehead atoms. The largest absolute Gasteiger partial charge is 0.497 e. The van der Waals surface area contributed by atoms with Crippen LogP contribution < -0.4 is 9.47 Å². The smallest absolute Gasteiger partial charge is 0.177 e. The number of Topliss-reactive ketones (excluding diaryl/α,β-unsaturated/α-hetero) is 1. The Morgan fingerprint density at radius 3 is 2.53 bits per heavy atom. The maximum absolute atomic E-state index is 11.1. The molecule has 1 rings (SSSR count). The molecule has 0 saturated carbocycles. The quantitative estimate of drug-likeness (QED) is 0.480. The van der Waals surface area contributed by atoms with Gasteiger partial charge in [0.1, 0.15) is 17.2 Å².